The fourth-order valence-corrected chi connectivity index (χ4v) is 2.38. The SMILES string of the molecule is COC(=O)c1cc(-c2ccccc2)cc2c1COC2. The van der Waals surface area contributed by atoms with Crippen molar-refractivity contribution in [3.05, 3.63) is 59.2 Å². The number of methoxy groups -OCH3 is 1. The van der Waals surface area contributed by atoms with Crippen LogP contribution in [0.1, 0.15) is 21.5 Å². The van der Waals surface area contributed by atoms with E-state index in [9.17, 15) is 4.79 Å². The molecule has 96 valence electrons. The van der Waals surface area contributed by atoms with Gasteiger partial charge >= 0.3 is 5.97 Å². The van der Waals surface area contributed by atoms with E-state index in [4.69, 9.17) is 9.47 Å². The first-order valence-corrected chi connectivity index (χ1v) is 6.17. The molecule has 0 N–H and O–H groups in total. The highest BCUT2D eigenvalue weighted by Crippen LogP contribution is 2.30. The molecule has 0 amide bonds. The van der Waals surface area contributed by atoms with Gasteiger partial charge in [-0.1, -0.05) is 30.3 Å². The summed E-state index contributed by atoms with van der Waals surface area (Å²) in [5.41, 5.74) is 4.73. The van der Waals surface area contributed by atoms with Crippen molar-refractivity contribution < 1.29 is 14.3 Å². The first-order valence-electron chi connectivity index (χ1n) is 6.17. The van der Waals surface area contributed by atoms with Crippen LogP contribution >= 0.6 is 0 Å². The molecule has 0 saturated heterocycles. The lowest BCUT2D eigenvalue weighted by molar-refractivity contribution is 0.0596. The minimum Gasteiger partial charge on any atom is -0.465 e. The number of hydrogen-bond acceptors (Lipinski definition) is 3. The van der Waals surface area contributed by atoms with E-state index in [2.05, 4.69) is 6.07 Å². The molecule has 0 fully saturated rings. The van der Waals surface area contributed by atoms with Crippen LogP contribution in [0.15, 0.2) is 42.5 Å². The van der Waals surface area contributed by atoms with Crippen LogP contribution in [0.25, 0.3) is 11.1 Å². The Morgan fingerprint density at radius 2 is 1.89 bits per heavy atom. The summed E-state index contributed by atoms with van der Waals surface area (Å²) in [5, 5.41) is 0. The third-order valence-electron chi connectivity index (χ3n) is 3.36. The Morgan fingerprint density at radius 3 is 2.63 bits per heavy atom. The Morgan fingerprint density at radius 1 is 1.11 bits per heavy atom. The first kappa shape index (κ1) is 11.9. The monoisotopic (exact) mass is 254 g/mol. The van der Waals surface area contributed by atoms with Crippen molar-refractivity contribution >= 4 is 5.97 Å². The predicted molar refractivity (Wildman–Crippen MR) is 71.7 cm³/mol. The van der Waals surface area contributed by atoms with Crippen LogP contribution in [-0.4, -0.2) is 13.1 Å². The van der Waals surface area contributed by atoms with E-state index in [1.165, 1.54) is 7.11 Å². The maximum absolute atomic E-state index is 11.9. The average Bonchev–Trinajstić information content (AvgIpc) is 2.94. The Labute approximate surface area is 111 Å². The van der Waals surface area contributed by atoms with Crippen molar-refractivity contribution in [3.63, 3.8) is 0 Å². The van der Waals surface area contributed by atoms with E-state index in [-0.39, 0.29) is 5.97 Å². The predicted octanol–water partition coefficient (Wildman–Crippen LogP) is 3.17. The van der Waals surface area contributed by atoms with Gasteiger partial charge in [0.05, 0.1) is 25.9 Å². The molecule has 0 aromatic heterocycles. The van der Waals surface area contributed by atoms with Gasteiger partial charge < -0.3 is 9.47 Å². The van der Waals surface area contributed by atoms with Crippen molar-refractivity contribution in [2.24, 2.45) is 0 Å². The van der Waals surface area contributed by atoms with Crippen LogP contribution in [-0.2, 0) is 22.7 Å². The second-order valence-corrected chi connectivity index (χ2v) is 4.51. The van der Waals surface area contributed by atoms with E-state index < -0.39 is 0 Å². The van der Waals surface area contributed by atoms with E-state index in [1.807, 2.05) is 36.4 Å². The van der Waals surface area contributed by atoms with E-state index in [0.717, 1.165) is 22.3 Å². The molecular formula is C16H14O3. The van der Waals surface area contributed by atoms with Gasteiger partial charge in [-0.25, -0.2) is 4.79 Å². The van der Waals surface area contributed by atoms with Gasteiger partial charge in [-0.05, 0) is 34.4 Å². The van der Waals surface area contributed by atoms with Crippen LogP contribution in [0.2, 0.25) is 0 Å². The number of carbonyl (C=O) groups excluding carboxylic acids is 1. The number of benzene rings is 2. The Bertz CT molecular complexity index is 617. The minimum atomic E-state index is -0.306. The Hall–Kier alpha value is -2.13. The van der Waals surface area contributed by atoms with E-state index >= 15 is 0 Å². The molecule has 2 aromatic carbocycles. The number of esters is 1. The fourth-order valence-electron chi connectivity index (χ4n) is 2.38. The van der Waals surface area contributed by atoms with Gasteiger partial charge in [0.15, 0.2) is 0 Å². The minimum absolute atomic E-state index is 0.306. The Kier molecular flexibility index (Phi) is 3.05. The summed E-state index contributed by atoms with van der Waals surface area (Å²) in [6, 6.07) is 14.0. The molecule has 2 aromatic rings. The molecule has 3 rings (SSSR count). The molecule has 3 nitrogen and oxygen atoms in total. The molecule has 0 saturated carbocycles. The van der Waals surface area contributed by atoms with Crippen molar-refractivity contribution in [2.45, 2.75) is 13.2 Å². The van der Waals surface area contributed by atoms with Gasteiger partial charge in [-0.15, -0.1) is 0 Å². The fraction of sp³-hybridized carbons (Fsp3) is 0.188. The van der Waals surface area contributed by atoms with Gasteiger partial charge in [0, 0.05) is 0 Å². The number of ether oxygens (including phenoxy) is 2. The molecule has 1 aliphatic rings. The summed E-state index contributed by atoms with van der Waals surface area (Å²) < 4.78 is 10.3. The van der Waals surface area contributed by atoms with Crippen molar-refractivity contribution in [1.82, 2.24) is 0 Å². The molecule has 0 radical (unpaired) electrons. The van der Waals surface area contributed by atoms with Crippen LogP contribution < -0.4 is 0 Å². The first-order chi connectivity index (χ1) is 9.29. The molecule has 3 heteroatoms. The highest BCUT2D eigenvalue weighted by atomic mass is 16.5. The summed E-state index contributed by atoms with van der Waals surface area (Å²) in [6.07, 6.45) is 0. The lowest BCUT2D eigenvalue weighted by atomic mass is 9.96. The van der Waals surface area contributed by atoms with Gasteiger partial charge in [0.2, 0.25) is 0 Å². The number of rotatable bonds is 2. The zero-order valence-corrected chi connectivity index (χ0v) is 10.7. The molecule has 19 heavy (non-hydrogen) atoms. The van der Waals surface area contributed by atoms with Gasteiger partial charge in [0.1, 0.15) is 0 Å². The van der Waals surface area contributed by atoms with Crippen LogP contribution in [0.5, 0.6) is 0 Å². The van der Waals surface area contributed by atoms with Crippen molar-refractivity contribution in [2.75, 3.05) is 7.11 Å². The highest BCUT2D eigenvalue weighted by molar-refractivity contribution is 5.93. The smallest absolute Gasteiger partial charge is 0.338 e. The molecule has 1 aliphatic heterocycles. The summed E-state index contributed by atoms with van der Waals surface area (Å²) in [5.74, 6) is -0.306. The molecule has 0 unspecified atom stereocenters. The zero-order chi connectivity index (χ0) is 13.2. The van der Waals surface area contributed by atoms with Crippen LogP contribution in [0.4, 0.5) is 0 Å². The molecule has 1 heterocycles. The molecular weight excluding hydrogens is 240 g/mol. The largest absolute Gasteiger partial charge is 0.465 e. The molecule has 0 aliphatic carbocycles. The summed E-state index contributed by atoms with van der Waals surface area (Å²) in [6.45, 7) is 1.04. The summed E-state index contributed by atoms with van der Waals surface area (Å²) in [7, 11) is 1.40. The number of fused-ring (bicyclic) bond motifs is 1. The van der Waals surface area contributed by atoms with E-state index in [1.54, 1.807) is 0 Å². The van der Waals surface area contributed by atoms with Crippen molar-refractivity contribution in [1.29, 1.82) is 0 Å². The van der Waals surface area contributed by atoms with Crippen LogP contribution in [0, 0.1) is 0 Å². The number of carbonyl (C=O) groups is 1. The van der Waals surface area contributed by atoms with Crippen LogP contribution in [0.3, 0.4) is 0 Å². The highest BCUT2D eigenvalue weighted by Gasteiger charge is 2.21. The van der Waals surface area contributed by atoms with Gasteiger partial charge in [0.25, 0.3) is 0 Å². The third kappa shape index (κ3) is 2.13. The quantitative estimate of drug-likeness (QED) is 0.772. The lowest BCUT2D eigenvalue weighted by Crippen LogP contribution is -2.06. The lowest BCUT2D eigenvalue weighted by Gasteiger charge is -2.09. The van der Waals surface area contributed by atoms with Gasteiger partial charge in [-0.3, -0.25) is 0 Å². The summed E-state index contributed by atoms with van der Waals surface area (Å²) in [4.78, 5) is 11.9. The maximum atomic E-state index is 11.9. The maximum Gasteiger partial charge on any atom is 0.338 e. The second kappa shape index (κ2) is 4.86. The topological polar surface area (TPSA) is 35.5 Å². The summed E-state index contributed by atoms with van der Waals surface area (Å²) >= 11 is 0. The Balaban J connectivity index is 2.15. The molecule has 0 atom stereocenters. The molecule has 0 spiro atoms. The van der Waals surface area contributed by atoms with E-state index in [0.29, 0.717) is 18.8 Å². The number of hydrogen-bond donors (Lipinski definition) is 0. The normalized spacial score (nSPS) is 13.1. The third-order valence-corrected chi connectivity index (χ3v) is 3.36. The van der Waals surface area contributed by atoms with Gasteiger partial charge in [-0.2, -0.15) is 0 Å². The zero-order valence-electron chi connectivity index (χ0n) is 10.7. The second-order valence-electron chi connectivity index (χ2n) is 4.51. The van der Waals surface area contributed by atoms with Crippen molar-refractivity contribution in [3.8, 4) is 11.1 Å². The standard InChI is InChI=1S/C16H14O3/c1-18-16(17)14-8-12(11-5-3-2-4-6-11)7-13-9-19-10-15(13)14/h2-8H,9-10H2,1H3. The average molecular weight is 254 g/mol. The molecule has 0 bridgehead atoms.